The Morgan fingerprint density at radius 3 is 0.971 bits per heavy atom. The molecule has 34 heavy (non-hydrogen) atoms. The first kappa shape index (κ1) is 30.9. The topological polar surface area (TPSA) is 18.5 Å². The smallest absolute Gasteiger partial charge is 0.122 e. The van der Waals surface area contributed by atoms with Gasteiger partial charge in [-0.3, -0.25) is 0 Å². The van der Waals surface area contributed by atoms with Gasteiger partial charge in [0.1, 0.15) is 11.5 Å². The monoisotopic (exact) mass is 474 g/mol. The van der Waals surface area contributed by atoms with Gasteiger partial charge in [0, 0.05) is 0 Å². The van der Waals surface area contributed by atoms with Crippen LogP contribution in [-0.2, 0) is 0 Å². The summed E-state index contributed by atoms with van der Waals surface area (Å²) < 4.78 is 12.2. The van der Waals surface area contributed by atoms with Gasteiger partial charge in [-0.2, -0.15) is 0 Å². The summed E-state index contributed by atoms with van der Waals surface area (Å²) in [5.41, 5.74) is 2.38. The Labute approximate surface area is 213 Å². The van der Waals surface area contributed by atoms with Crippen molar-refractivity contribution >= 4 is 0 Å². The summed E-state index contributed by atoms with van der Waals surface area (Å²) in [6.07, 6.45) is 27.2. The zero-order chi connectivity index (χ0) is 24.7. The van der Waals surface area contributed by atoms with E-state index in [1.54, 1.807) is 0 Å². The fraction of sp³-hybridized carbons (Fsp3) is 0.812. The Hall–Kier alpha value is -1.18. The highest BCUT2D eigenvalue weighted by molar-refractivity contribution is 5.45. The van der Waals surface area contributed by atoms with E-state index in [2.05, 4.69) is 39.8 Å². The van der Waals surface area contributed by atoms with Crippen molar-refractivity contribution in [2.75, 3.05) is 13.2 Å². The van der Waals surface area contributed by atoms with Crippen LogP contribution in [0.5, 0.6) is 11.5 Å². The largest absolute Gasteiger partial charge is 0.493 e. The second kappa shape index (κ2) is 22.3. The lowest BCUT2D eigenvalue weighted by Crippen LogP contribution is -2.02. The van der Waals surface area contributed by atoms with Gasteiger partial charge < -0.3 is 9.47 Å². The van der Waals surface area contributed by atoms with Crippen LogP contribution >= 0.6 is 0 Å². The van der Waals surface area contributed by atoms with E-state index < -0.39 is 0 Å². The third kappa shape index (κ3) is 16.4. The molecule has 0 amide bonds. The van der Waals surface area contributed by atoms with E-state index >= 15 is 0 Å². The molecular weight excluding hydrogens is 416 g/mol. The maximum absolute atomic E-state index is 6.10. The fourth-order valence-electron chi connectivity index (χ4n) is 4.62. The number of unbranched alkanes of at least 4 members (excludes halogenated alkanes) is 18. The van der Waals surface area contributed by atoms with Gasteiger partial charge in [0.15, 0.2) is 0 Å². The lowest BCUT2D eigenvalue weighted by molar-refractivity contribution is 0.293. The predicted molar refractivity (Wildman–Crippen MR) is 151 cm³/mol. The van der Waals surface area contributed by atoms with Crippen LogP contribution in [0.1, 0.15) is 153 Å². The summed E-state index contributed by atoms with van der Waals surface area (Å²) in [5, 5.41) is 0. The van der Waals surface area contributed by atoms with E-state index in [0.29, 0.717) is 0 Å². The Kier molecular flexibility index (Phi) is 20.2. The van der Waals surface area contributed by atoms with Crippen LogP contribution in [0.25, 0.3) is 0 Å². The van der Waals surface area contributed by atoms with Gasteiger partial charge in [-0.15, -0.1) is 0 Å². The van der Waals surface area contributed by atoms with E-state index in [-0.39, 0.29) is 0 Å². The Morgan fingerprint density at radius 2 is 0.676 bits per heavy atom. The quantitative estimate of drug-likeness (QED) is 0.139. The molecule has 1 rings (SSSR count). The summed E-state index contributed by atoms with van der Waals surface area (Å²) in [5.74, 6) is 2.06. The average Bonchev–Trinajstić information content (AvgIpc) is 2.83. The van der Waals surface area contributed by atoms with Crippen molar-refractivity contribution in [3.63, 3.8) is 0 Å². The van der Waals surface area contributed by atoms with Gasteiger partial charge in [-0.05, 0) is 49.9 Å². The van der Waals surface area contributed by atoms with Crippen molar-refractivity contribution in [3.05, 3.63) is 23.3 Å². The molecule has 0 heterocycles. The zero-order valence-corrected chi connectivity index (χ0v) is 23.5. The standard InChI is InChI=1S/C32H58O2/c1-5-7-9-11-13-15-17-19-21-23-25-33-31-27-30(4)32(28-29(31)3)34-26-24-22-20-18-16-14-12-10-8-6-2/h27-28H,5-26H2,1-4H3. The number of rotatable bonds is 24. The minimum atomic E-state index is 0.829. The maximum Gasteiger partial charge on any atom is 0.122 e. The molecule has 0 saturated carbocycles. The van der Waals surface area contributed by atoms with E-state index in [9.17, 15) is 0 Å². The molecule has 0 unspecified atom stereocenters. The summed E-state index contributed by atoms with van der Waals surface area (Å²) in [7, 11) is 0. The molecule has 0 aliphatic rings. The van der Waals surface area contributed by atoms with Gasteiger partial charge >= 0.3 is 0 Å². The first-order chi connectivity index (χ1) is 16.7. The van der Waals surface area contributed by atoms with E-state index in [4.69, 9.17) is 9.47 Å². The molecule has 0 radical (unpaired) electrons. The number of aryl methyl sites for hydroxylation is 2. The molecule has 0 fully saturated rings. The number of hydrogen-bond acceptors (Lipinski definition) is 2. The van der Waals surface area contributed by atoms with Gasteiger partial charge in [0.2, 0.25) is 0 Å². The van der Waals surface area contributed by atoms with Gasteiger partial charge in [-0.1, -0.05) is 129 Å². The Bertz CT molecular complexity index is 529. The molecule has 198 valence electrons. The van der Waals surface area contributed by atoms with Gasteiger partial charge in [-0.25, -0.2) is 0 Å². The number of ether oxygens (including phenoxy) is 2. The van der Waals surface area contributed by atoms with Crippen molar-refractivity contribution in [1.29, 1.82) is 0 Å². The highest BCUT2D eigenvalue weighted by atomic mass is 16.5. The number of hydrogen-bond donors (Lipinski definition) is 0. The molecule has 0 bridgehead atoms. The van der Waals surface area contributed by atoms with Crippen LogP contribution in [0, 0.1) is 13.8 Å². The number of benzene rings is 1. The average molecular weight is 475 g/mol. The van der Waals surface area contributed by atoms with Crippen molar-refractivity contribution in [2.45, 2.75) is 156 Å². The second-order valence-electron chi connectivity index (χ2n) is 10.4. The zero-order valence-electron chi connectivity index (χ0n) is 23.5. The molecule has 0 N–H and O–H groups in total. The minimum absolute atomic E-state index is 0.829. The van der Waals surface area contributed by atoms with Gasteiger partial charge in [0.25, 0.3) is 0 Å². The molecule has 0 saturated heterocycles. The molecule has 0 aliphatic carbocycles. The van der Waals surface area contributed by atoms with Crippen molar-refractivity contribution in [1.82, 2.24) is 0 Å². The van der Waals surface area contributed by atoms with E-state index in [1.807, 2.05) is 0 Å². The maximum atomic E-state index is 6.10. The molecular formula is C32H58O2. The molecule has 0 aliphatic heterocycles. The van der Waals surface area contributed by atoms with E-state index in [0.717, 1.165) is 37.6 Å². The SMILES string of the molecule is CCCCCCCCCCCCOc1cc(C)c(OCCCCCCCCCCCC)cc1C. The molecule has 2 nitrogen and oxygen atoms in total. The molecule has 0 atom stereocenters. The van der Waals surface area contributed by atoms with Crippen LogP contribution < -0.4 is 9.47 Å². The fourth-order valence-corrected chi connectivity index (χ4v) is 4.62. The van der Waals surface area contributed by atoms with Crippen LogP contribution in [0.4, 0.5) is 0 Å². The highest BCUT2D eigenvalue weighted by Gasteiger charge is 2.07. The first-order valence-electron chi connectivity index (χ1n) is 15.1. The molecule has 0 aromatic heterocycles. The molecule has 1 aromatic carbocycles. The third-order valence-electron chi connectivity index (χ3n) is 6.98. The van der Waals surface area contributed by atoms with Gasteiger partial charge in [0.05, 0.1) is 13.2 Å². The lowest BCUT2D eigenvalue weighted by Gasteiger charge is -2.14. The van der Waals surface area contributed by atoms with E-state index in [1.165, 1.54) is 127 Å². The molecule has 0 spiro atoms. The molecule has 2 heteroatoms. The third-order valence-corrected chi connectivity index (χ3v) is 6.98. The molecule has 1 aromatic rings. The van der Waals surface area contributed by atoms with Crippen molar-refractivity contribution in [2.24, 2.45) is 0 Å². The van der Waals surface area contributed by atoms with Crippen LogP contribution in [0.3, 0.4) is 0 Å². The minimum Gasteiger partial charge on any atom is -0.493 e. The predicted octanol–water partition coefficient (Wildman–Crippen LogP) is 10.9. The summed E-state index contributed by atoms with van der Waals surface area (Å²) in [4.78, 5) is 0. The van der Waals surface area contributed by atoms with Crippen molar-refractivity contribution < 1.29 is 9.47 Å². The highest BCUT2D eigenvalue weighted by Crippen LogP contribution is 2.28. The van der Waals surface area contributed by atoms with Crippen LogP contribution in [0.2, 0.25) is 0 Å². The normalized spacial score (nSPS) is 11.2. The van der Waals surface area contributed by atoms with Crippen LogP contribution in [-0.4, -0.2) is 13.2 Å². The first-order valence-corrected chi connectivity index (χ1v) is 15.1. The Balaban J connectivity index is 2.07. The second-order valence-corrected chi connectivity index (χ2v) is 10.4. The van der Waals surface area contributed by atoms with Crippen LogP contribution in [0.15, 0.2) is 12.1 Å². The summed E-state index contributed by atoms with van der Waals surface area (Å²) >= 11 is 0. The Morgan fingerprint density at radius 1 is 0.412 bits per heavy atom. The lowest BCUT2D eigenvalue weighted by atomic mass is 10.1. The summed E-state index contributed by atoms with van der Waals surface area (Å²) in [6.45, 7) is 10.5. The summed E-state index contributed by atoms with van der Waals surface area (Å²) in [6, 6.07) is 4.33. The van der Waals surface area contributed by atoms with Crippen molar-refractivity contribution in [3.8, 4) is 11.5 Å².